The van der Waals surface area contributed by atoms with Crippen LogP contribution >= 0.6 is 0 Å². The summed E-state index contributed by atoms with van der Waals surface area (Å²) in [5.41, 5.74) is 4.87. The lowest BCUT2D eigenvalue weighted by Gasteiger charge is -2.32. The van der Waals surface area contributed by atoms with Crippen molar-refractivity contribution in [3.8, 4) is 0 Å². The number of rotatable bonds is 3. The largest absolute Gasteiger partial charge is 0.455 e. The molecule has 1 aliphatic heterocycles. The van der Waals surface area contributed by atoms with Crippen molar-refractivity contribution in [3.63, 3.8) is 0 Å². The first-order chi connectivity index (χ1) is 7.21. The summed E-state index contributed by atoms with van der Waals surface area (Å²) in [5, 5.41) is 0. The number of carbonyl (C=O) groups is 1. The van der Waals surface area contributed by atoms with Crippen molar-refractivity contribution in [2.24, 2.45) is 5.73 Å². The van der Waals surface area contributed by atoms with Crippen LogP contribution in [0.1, 0.15) is 0 Å². The summed E-state index contributed by atoms with van der Waals surface area (Å²) in [6, 6.07) is -2.43. The molecule has 1 saturated heterocycles. The lowest BCUT2D eigenvalue weighted by Crippen LogP contribution is -2.58. The van der Waals surface area contributed by atoms with E-state index in [4.69, 9.17) is 5.73 Å². The molecule has 0 saturated carbocycles. The molecule has 1 rings (SSSR count). The monoisotopic (exact) mass is 248 g/mol. The van der Waals surface area contributed by atoms with Crippen LogP contribution in [-0.4, -0.2) is 48.8 Å². The Morgan fingerprint density at radius 2 is 1.94 bits per heavy atom. The summed E-state index contributed by atoms with van der Waals surface area (Å²) in [6.45, 7) is -1.54. The molecule has 1 amide bonds. The molecule has 94 valence electrons. The van der Waals surface area contributed by atoms with Gasteiger partial charge in [0.25, 0.3) is 0 Å². The highest BCUT2D eigenvalue weighted by molar-refractivity contribution is 5.70. The summed E-state index contributed by atoms with van der Waals surface area (Å²) in [6.07, 6.45) is -6.96. The Morgan fingerprint density at radius 3 is 2.25 bits per heavy atom. The molecule has 1 aliphatic rings. The molecule has 4 nitrogen and oxygen atoms in total. The molecule has 9 heteroatoms. The van der Waals surface area contributed by atoms with E-state index in [1.807, 2.05) is 0 Å². The minimum atomic E-state index is -5.75. The third-order valence-corrected chi connectivity index (χ3v) is 2.19. The normalized spacial score (nSPS) is 19.9. The van der Waals surface area contributed by atoms with Crippen LogP contribution in [0.2, 0.25) is 0 Å². The van der Waals surface area contributed by atoms with Gasteiger partial charge in [0.05, 0.1) is 6.54 Å². The van der Waals surface area contributed by atoms with E-state index in [1.54, 1.807) is 0 Å². The first-order valence-electron chi connectivity index (χ1n) is 4.30. The Bertz CT molecular complexity index is 280. The summed E-state index contributed by atoms with van der Waals surface area (Å²) in [4.78, 5) is 11.2. The summed E-state index contributed by atoms with van der Waals surface area (Å²) >= 11 is 0. The highest BCUT2D eigenvalue weighted by atomic mass is 19.4. The van der Waals surface area contributed by atoms with Gasteiger partial charge in [-0.2, -0.15) is 22.0 Å². The molecule has 1 heterocycles. The second kappa shape index (κ2) is 4.04. The van der Waals surface area contributed by atoms with E-state index < -0.39 is 30.8 Å². The molecule has 2 N–H and O–H groups in total. The SMILES string of the molecule is NCC(N1CCOC1=O)C(F)(F)C(F)(F)F. The van der Waals surface area contributed by atoms with Crippen LogP contribution in [0.25, 0.3) is 0 Å². The molecule has 16 heavy (non-hydrogen) atoms. The first kappa shape index (κ1) is 12.9. The van der Waals surface area contributed by atoms with Gasteiger partial charge in [-0.25, -0.2) is 4.79 Å². The van der Waals surface area contributed by atoms with Crippen molar-refractivity contribution in [2.45, 2.75) is 18.1 Å². The molecular weight excluding hydrogens is 239 g/mol. The molecule has 1 fully saturated rings. The number of cyclic esters (lactones) is 1. The fourth-order valence-corrected chi connectivity index (χ4v) is 1.35. The molecule has 0 aliphatic carbocycles. The zero-order valence-corrected chi connectivity index (χ0v) is 7.93. The Labute approximate surface area is 87.1 Å². The first-order valence-corrected chi connectivity index (χ1v) is 4.30. The predicted molar refractivity (Wildman–Crippen MR) is 41.9 cm³/mol. The summed E-state index contributed by atoms with van der Waals surface area (Å²) < 4.78 is 66.4. The van der Waals surface area contributed by atoms with Crippen LogP contribution < -0.4 is 5.73 Å². The number of alkyl halides is 5. The van der Waals surface area contributed by atoms with Crippen LogP contribution in [0.5, 0.6) is 0 Å². The van der Waals surface area contributed by atoms with Gasteiger partial charge in [-0.1, -0.05) is 0 Å². The Kier molecular flexibility index (Phi) is 3.27. The van der Waals surface area contributed by atoms with Gasteiger partial charge in [0, 0.05) is 6.54 Å². The van der Waals surface area contributed by atoms with Gasteiger partial charge in [-0.3, -0.25) is 4.90 Å². The van der Waals surface area contributed by atoms with Gasteiger partial charge >= 0.3 is 18.2 Å². The number of hydrogen-bond acceptors (Lipinski definition) is 3. The lowest BCUT2D eigenvalue weighted by atomic mass is 10.1. The predicted octanol–water partition coefficient (Wildman–Crippen LogP) is 0.963. The molecule has 0 radical (unpaired) electrons. The number of nitrogens with zero attached hydrogens (tertiary/aromatic N) is 1. The van der Waals surface area contributed by atoms with Gasteiger partial charge in [0.1, 0.15) is 12.6 Å². The molecule has 1 unspecified atom stereocenters. The average molecular weight is 248 g/mol. The smallest absolute Gasteiger partial charge is 0.448 e. The fraction of sp³-hybridized carbons (Fsp3) is 0.857. The lowest BCUT2D eigenvalue weighted by molar-refractivity contribution is -0.298. The summed E-state index contributed by atoms with van der Waals surface area (Å²) in [7, 11) is 0. The van der Waals surface area contributed by atoms with E-state index in [1.165, 1.54) is 0 Å². The number of hydrogen-bond donors (Lipinski definition) is 1. The minimum Gasteiger partial charge on any atom is -0.448 e. The number of halogens is 5. The van der Waals surface area contributed by atoms with E-state index in [2.05, 4.69) is 4.74 Å². The number of carbonyl (C=O) groups excluding carboxylic acids is 1. The fourth-order valence-electron chi connectivity index (χ4n) is 1.35. The highest BCUT2D eigenvalue weighted by Gasteiger charge is 2.64. The van der Waals surface area contributed by atoms with E-state index in [0.29, 0.717) is 4.90 Å². The molecule has 0 spiro atoms. The van der Waals surface area contributed by atoms with E-state index in [9.17, 15) is 26.7 Å². The molecular formula is C7H9F5N2O2. The minimum absolute atomic E-state index is 0.219. The van der Waals surface area contributed by atoms with Crippen molar-refractivity contribution in [2.75, 3.05) is 19.7 Å². The molecule has 0 bridgehead atoms. The van der Waals surface area contributed by atoms with E-state index >= 15 is 0 Å². The van der Waals surface area contributed by atoms with Gasteiger partial charge in [0.2, 0.25) is 0 Å². The van der Waals surface area contributed by atoms with Gasteiger partial charge in [-0.15, -0.1) is 0 Å². The average Bonchev–Trinajstić information content (AvgIpc) is 2.51. The number of nitrogens with two attached hydrogens (primary N) is 1. The highest BCUT2D eigenvalue weighted by Crippen LogP contribution is 2.40. The maximum Gasteiger partial charge on any atom is 0.455 e. The van der Waals surface area contributed by atoms with Crippen molar-refractivity contribution in [1.82, 2.24) is 4.90 Å². The van der Waals surface area contributed by atoms with Crippen LogP contribution in [0.3, 0.4) is 0 Å². The van der Waals surface area contributed by atoms with Gasteiger partial charge in [0.15, 0.2) is 0 Å². The maximum atomic E-state index is 13.0. The summed E-state index contributed by atoms with van der Waals surface area (Å²) in [5.74, 6) is -5.05. The molecule has 1 atom stereocenters. The van der Waals surface area contributed by atoms with E-state index in [-0.39, 0.29) is 13.2 Å². The van der Waals surface area contributed by atoms with Crippen molar-refractivity contribution in [1.29, 1.82) is 0 Å². The number of ether oxygens (including phenoxy) is 1. The van der Waals surface area contributed by atoms with Crippen LogP contribution in [0.15, 0.2) is 0 Å². The Hall–Kier alpha value is -1.12. The maximum absolute atomic E-state index is 13.0. The zero-order chi connectivity index (χ0) is 12.6. The third kappa shape index (κ3) is 2.04. The Morgan fingerprint density at radius 1 is 1.38 bits per heavy atom. The van der Waals surface area contributed by atoms with Crippen molar-refractivity contribution in [3.05, 3.63) is 0 Å². The molecule has 0 aromatic rings. The third-order valence-electron chi connectivity index (χ3n) is 2.19. The quantitative estimate of drug-likeness (QED) is 0.757. The van der Waals surface area contributed by atoms with Crippen LogP contribution in [0.4, 0.5) is 26.7 Å². The van der Waals surface area contributed by atoms with Gasteiger partial charge in [-0.05, 0) is 0 Å². The number of amides is 1. The van der Waals surface area contributed by atoms with Crippen LogP contribution in [0, 0.1) is 0 Å². The van der Waals surface area contributed by atoms with Crippen LogP contribution in [-0.2, 0) is 4.74 Å². The van der Waals surface area contributed by atoms with E-state index in [0.717, 1.165) is 0 Å². The van der Waals surface area contributed by atoms with Crippen molar-refractivity contribution >= 4 is 6.09 Å². The molecule has 0 aromatic carbocycles. The topological polar surface area (TPSA) is 55.6 Å². The standard InChI is InChI=1S/C7H9F5N2O2/c8-6(9,7(10,11)12)4(3-13)14-1-2-16-5(14)15/h4H,1-3,13H2. The van der Waals surface area contributed by atoms with Crippen molar-refractivity contribution < 1.29 is 31.5 Å². The van der Waals surface area contributed by atoms with Gasteiger partial charge < -0.3 is 10.5 Å². The second-order valence-corrected chi connectivity index (χ2v) is 3.18. The Balaban J connectivity index is 2.93. The molecule has 0 aromatic heterocycles. The zero-order valence-electron chi connectivity index (χ0n) is 7.93. The second-order valence-electron chi connectivity index (χ2n) is 3.18.